The number of amides is 1. The molecule has 0 bridgehead atoms. The standard InChI is InChI=1S/C5H8BrNO2/c1-5(2-6)3-9-4(8)7-5/h2-3H2,1H3,(H,7,8)/t5-/m0/s1. The molecule has 1 saturated heterocycles. The number of cyclic esters (lactones) is 1. The molecule has 0 saturated carbocycles. The van der Waals surface area contributed by atoms with E-state index < -0.39 is 0 Å². The Morgan fingerprint density at radius 3 is 2.89 bits per heavy atom. The molecule has 1 atom stereocenters. The van der Waals surface area contributed by atoms with Crippen LogP contribution in [0, 0.1) is 0 Å². The molecule has 1 heterocycles. The van der Waals surface area contributed by atoms with Crippen molar-refractivity contribution in [3.05, 3.63) is 0 Å². The van der Waals surface area contributed by atoms with Crippen LogP contribution in [0.2, 0.25) is 0 Å². The lowest BCUT2D eigenvalue weighted by molar-refractivity contribution is 0.174. The van der Waals surface area contributed by atoms with Crippen molar-refractivity contribution in [1.82, 2.24) is 5.32 Å². The number of rotatable bonds is 1. The van der Waals surface area contributed by atoms with E-state index in [0.717, 1.165) is 5.33 Å². The lowest BCUT2D eigenvalue weighted by Gasteiger charge is -2.15. The van der Waals surface area contributed by atoms with Gasteiger partial charge < -0.3 is 10.1 Å². The van der Waals surface area contributed by atoms with Crippen molar-refractivity contribution in [1.29, 1.82) is 0 Å². The minimum atomic E-state index is -0.322. The predicted molar refractivity (Wildman–Crippen MR) is 36.7 cm³/mol. The van der Waals surface area contributed by atoms with Gasteiger partial charge in [-0.2, -0.15) is 0 Å². The summed E-state index contributed by atoms with van der Waals surface area (Å²) in [4.78, 5) is 10.5. The van der Waals surface area contributed by atoms with Gasteiger partial charge in [0.15, 0.2) is 0 Å². The van der Waals surface area contributed by atoms with E-state index in [1.165, 1.54) is 0 Å². The number of hydrogen-bond donors (Lipinski definition) is 1. The average Bonchev–Trinajstić information content (AvgIpc) is 2.13. The minimum absolute atomic E-state index is 0.197. The Morgan fingerprint density at radius 1 is 2.00 bits per heavy atom. The molecular formula is C5H8BrNO2. The molecule has 0 spiro atoms. The van der Waals surface area contributed by atoms with Crippen LogP contribution in [0.4, 0.5) is 4.79 Å². The summed E-state index contributed by atoms with van der Waals surface area (Å²) in [7, 11) is 0. The van der Waals surface area contributed by atoms with Crippen molar-refractivity contribution in [2.24, 2.45) is 0 Å². The second-order valence-electron chi connectivity index (χ2n) is 2.40. The third kappa shape index (κ3) is 1.36. The maximum absolute atomic E-state index is 10.5. The number of carbonyl (C=O) groups is 1. The minimum Gasteiger partial charge on any atom is -0.447 e. The lowest BCUT2D eigenvalue weighted by atomic mass is 10.1. The number of alkyl carbamates (subject to hydrolysis) is 1. The number of nitrogens with one attached hydrogen (secondary N) is 1. The third-order valence-corrected chi connectivity index (χ3v) is 2.46. The normalized spacial score (nSPS) is 33.8. The highest BCUT2D eigenvalue weighted by molar-refractivity contribution is 9.09. The van der Waals surface area contributed by atoms with Crippen molar-refractivity contribution in [3.63, 3.8) is 0 Å². The third-order valence-electron chi connectivity index (χ3n) is 1.22. The Kier molecular flexibility index (Phi) is 1.66. The molecule has 1 N–H and O–H groups in total. The van der Waals surface area contributed by atoms with Gasteiger partial charge >= 0.3 is 6.09 Å². The van der Waals surface area contributed by atoms with Crippen LogP contribution in [-0.4, -0.2) is 23.6 Å². The highest BCUT2D eigenvalue weighted by atomic mass is 79.9. The van der Waals surface area contributed by atoms with E-state index in [0.29, 0.717) is 6.61 Å². The van der Waals surface area contributed by atoms with Gasteiger partial charge in [0.05, 0.1) is 5.54 Å². The average molecular weight is 194 g/mol. The molecular weight excluding hydrogens is 186 g/mol. The maximum Gasteiger partial charge on any atom is 0.407 e. The first-order valence-corrected chi connectivity index (χ1v) is 3.79. The van der Waals surface area contributed by atoms with E-state index in [9.17, 15) is 4.79 Å². The molecule has 0 radical (unpaired) electrons. The number of hydrogen-bond acceptors (Lipinski definition) is 2. The number of ether oxygens (including phenoxy) is 1. The van der Waals surface area contributed by atoms with Gasteiger partial charge in [-0.1, -0.05) is 15.9 Å². The molecule has 0 aromatic rings. The van der Waals surface area contributed by atoms with Gasteiger partial charge in [0.25, 0.3) is 0 Å². The van der Waals surface area contributed by atoms with Gasteiger partial charge in [0, 0.05) is 5.33 Å². The van der Waals surface area contributed by atoms with E-state index in [2.05, 4.69) is 26.0 Å². The second-order valence-corrected chi connectivity index (χ2v) is 2.96. The molecule has 4 heteroatoms. The summed E-state index contributed by atoms with van der Waals surface area (Å²) in [5.74, 6) is 0. The molecule has 1 rings (SSSR count). The molecule has 0 unspecified atom stereocenters. The van der Waals surface area contributed by atoms with Gasteiger partial charge in [0.2, 0.25) is 0 Å². The molecule has 9 heavy (non-hydrogen) atoms. The molecule has 1 fully saturated rings. The summed E-state index contributed by atoms with van der Waals surface area (Å²) in [6, 6.07) is 0. The van der Waals surface area contributed by atoms with E-state index in [-0.39, 0.29) is 11.6 Å². The first kappa shape index (κ1) is 6.86. The van der Waals surface area contributed by atoms with Gasteiger partial charge in [-0.15, -0.1) is 0 Å². The van der Waals surface area contributed by atoms with E-state index >= 15 is 0 Å². The quantitative estimate of drug-likeness (QED) is 0.629. The van der Waals surface area contributed by atoms with Crippen LogP contribution in [0.5, 0.6) is 0 Å². The first-order valence-electron chi connectivity index (χ1n) is 2.67. The van der Waals surface area contributed by atoms with Crippen LogP contribution in [0.1, 0.15) is 6.92 Å². The topological polar surface area (TPSA) is 38.3 Å². The van der Waals surface area contributed by atoms with Crippen molar-refractivity contribution < 1.29 is 9.53 Å². The molecule has 0 aromatic carbocycles. The zero-order chi connectivity index (χ0) is 6.91. The summed E-state index contributed by atoms with van der Waals surface area (Å²) in [6.07, 6.45) is -0.322. The van der Waals surface area contributed by atoms with Crippen LogP contribution < -0.4 is 5.32 Å². The summed E-state index contributed by atoms with van der Waals surface area (Å²) in [6.45, 7) is 2.38. The first-order chi connectivity index (χ1) is 4.16. The SMILES string of the molecule is C[C@]1(CBr)COC(=O)N1. The van der Waals surface area contributed by atoms with Crippen LogP contribution in [0.15, 0.2) is 0 Å². The monoisotopic (exact) mass is 193 g/mol. The molecule has 1 amide bonds. The molecule has 1 aliphatic heterocycles. The number of carbonyl (C=O) groups excluding carboxylic acids is 1. The van der Waals surface area contributed by atoms with Crippen molar-refractivity contribution in [2.45, 2.75) is 12.5 Å². The fourth-order valence-corrected chi connectivity index (χ4v) is 0.917. The lowest BCUT2D eigenvalue weighted by Crippen LogP contribution is -2.41. The molecule has 0 aliphatic carbocycles. The zero-order valence-corrected chi connectivity index (χ0v) is 6.69. The number of alkyl halides is 1. The Bertz CT molecular complexity index is 139. The Morgan fingerprint density at radius 2 is 2.67 bits per heavy atom. The Hall–Kier alpha value is -0.250. The van der Waals surface area contributed by atoms with Gasteiger partial charge in [-0.3, -0.25) is 0 Å². The summed E-state index contributed by atoms with van der Waals surface area (Å²) in [5, 5.41) is 3.40. The fourth-order valence-electron chi connectivity index (χ4n) is 0.615. The van der Waals surface area contributed by atoms with E-state index in [1.807, 2.05) is 6.92 Å². The van der Waals surface area contributed by atoms with Crippen LogP contribution in [0.25, 0.3) is 0 Å². The molecule has 3 nitrogen and oxygen atoms in total. The van der Waals surface area contributed by atoms with Crippen LogP contribution >= 0.6 is 15.9 Å². The van der Waals surface area contributed by atoms with Gasteiger partial charge in [0.1, 0.15) is 6.61 Å². The number of halogens is 1. The van der Waals surface area contributed by atoms with E-state index in [4.69, 9.17) is 0 Å². The largest absolute Gasteiger partial charge is 0.447 e. The molecule has 0 aromatic heterocycles. The predicted octanol–water partition coefficient (Wildman–Crippen LogP) is 0.880. The zero-order valence-electron chi connectivity index (χ0n) is 5.11. The Labute approximate surface area is 61.9 Å². The highest BCUT2D eigenvalue weighted by Gasteiger charge is 2.33. The van der Waals surface area contributed by atoms with Crippen molar-refractivity contribution in [3.8, 4) is 0 Å². The summed E-state index contributed by atoms with van der Waals surface area (Å²) < 4.78 is 4.68. The van der Waals surface area contributed by atoms with Crippen LogP contribution in [-0.2, 0) is 4.74 Å². The highest BCUT2D eigenvalue weighted by Crippen LogP contribution is 2.13. The smallest absolute Gasteiger partial charge is 0.407 e. The van der Waals surface area contributed by atoms with Gasteiger partial charge in [-0.25, -0.2) is 4.79 Å². The Balaban J connectivity index is 2.54. The second kappa shape index (κ2) is 2.17. The van der Waals surface area contributed by atoms with Crippen molar-refractivity contribution in [2.75, 3.05) is 11.9 Å². The van der Waals surface area contributed by atoms with Crippen molar-refractivity contribution >= 4 is 22.0 Å². The van der Waals surface area contributed by atoms with Crippen LogP contribution in [0.3, 0.4) is 0 Å². The summed E-state index contributed by atoms with van der Waals surface area (Å²) in [5.41, 5.74) is -0.197. The molecule has 52 valence electrons. The molecule has 1 aliphatic rings. The maximum atomic E-state index is 10.5. The van der Waals surface area contributed by atoms with E-state index in [1.54, 1.807) is 0 Å². The summed E-state index contributed by atoms with van der Waals surface area (Å²) >= 11 is 3.27. The van der Waals surface area contributed by atoms with Gasteiger partial charge in [-0.05, 0) is 6.92 Å². The fraction of sp³-hybridized carbons (Fsp3) is 0.800.